The van der Waals surface area contributed by atoms with Crippen LogP contribution in [0.25, 0.3) is 16.9 Å². The number of morpholine rings is 1. The predicted molar refractivity (Wildman–Crippen MR) is 130 cm³/mol. The zero-order valence-electron chi connectivity index (χ0n) is 19.7. The molecule has 0 spiro atoms. The number of aromatic carboxylic acids is 1. The third-order valence-corrected chi connectivity index (χ3v) is 6.47. The Morgan fingerprint density at radius 2 is 1.86 bits per heavy atom. The van der Waals surface area contributed by atoms with E-state index in [0.29, 0.717) is 49.6 Å². The molecule has 9 heteroatoms. The highest BCUT2D eigenvalue weighted by molar-refractivity contribution is 5.91. The fourth-order valence-corrected chi connectivity index (χ4v) is 4.52. The van der Waals surface area contributed by atoms with E-state index in [1.54, 1.807) is 0 Å². The van der Waals surface area contributed by atoms with Gasteiger partial charge in [0.2, 0.25) is 0 Å². The van der Waals surface area contributed by atoms with Crippen LogP contribution < -0.4 is 4.90 Å². The summed E-state index contributed by atoms with van der Waals surface area (Å²) in [5.74, 6) is -0.568. The normalized spacial score (nSPS) is 14.0. The molecule has 0 unspecified atom stereocenters. The van der Waals surface area contributed by atoms with Crippen molar-refractivity contribution in [3.8, 4) is 5.95 Å². The van der Waals surface area contributed by atoms with Crippen LogP contribution in [0.1, 0.15) is 32.6 Å². The molecule has 0 radical (unpaired) electrons. The topological polar surface area (TPSA) is 93.4 Å². The Balaban J connectivity index is 1.57. The second kappa shape index (κ2) is 9.42. The van der Waals surface area contributed by atoms with Gasteiger partial charge in [-0.25, -0.2) is 18.9 Å². The molecule has 1 fully saturated rings. The van der Waals surface area contributed by atoms with Gasteiger partial charge in [0.25, 0.3) is 5.95 Å². The number of carboxylic acid groups (broad SMARTS) is 1. The SMILES string of the molecule is Cc1cccc(C)c1CCc1cc2c(N3CCOCC3)nc(-n3cc(C(=O)O)cn3)nc2cc1F. The summed E-state index contributed by atoms with van der Waals surface area (Å²) in [6, 6.07) is 9.48. The second-order valence-electron chi connectivity index (χ2n) is 8.76. The summed E-state index contributed by atoms with van der Waals surface area (Å²) in [6.07, 6.45) is 3.88. The van der Waals surface area contributed by atoms with Crippen LogP contribution in [-0.4, -0.2) is 57.1 Å². The van der Waals surface area contributed by atoms with Gasteiger partial charge in [0.1, 0.15) is 11.6 Å². The molecule has 1 aliphatic heterocycles. The number of ether oxygens (including phenoxy) is 1. The Kier molecular flexibility index (Phi) is 6.17. The van der Waals surface area contributed by atoms with Crippen molar-refractivity contribution in [3.05, 3.63) is 76.4 Å². The van der Waals surface area contributed by atoms with Crippen LogP contribution in [0.15, 0.2) is 42.7 Å². The zero-order valence-corrected chi connectivity index (χ0v) is 19.7. The molecule has 0 bridgehead atoms. The number of carboxylic acids is 1. The Morgan fingerprint density at radius 3 is 2.54 bits per heavy atom. The molecule has 0 aliphatic carbocycles. The highest BCUT2D eigenvalue weighted by atomic mass is 19.1. The van der Waals surface area contributed by atoms with Gasteiger partial charge in [-0.15, -0.1) is 0 Å². The van der Waals surface area contributed by atoms with Crippen molar-refractivity contribution in [1.82, 2.24) is 19.7 Å². The van der Waals surface area contributed by atoms with Crippen molar-refractivity contribution in [2.75, 3.05) is 31.2 Å². The Labute approximate surface area is 202 Å². The van der Waals surface area contributed by atoms with Crippen molar-refractivity contribution in [3.63, 3.8) is 0 Å². The van der Waals surface area contributed by atoms with Crippen molar-refractivity contribution in [2.45, 2.75) is 26.7 Å². The van der Waals surface area contributed by atoms with E-state index in [1.165, 1.54) is 39.8 Å². The highest BCUT2D eigenvalue weighted by Gasteiger charge is 2.21. The van der Waals surface area contributed by atoms with Gasteiger partial charge in [-0.2, -0.15) is 10.1 Å². The summed E-state index contributed by atoms with van der Waals surface area (Å²) in [7, 11) is 0. The van der Waals surface area contributed by atoms with Crippen molar-refractivity contribution in [2.24, 2.45) is 0 Å². The van der Waals surface area contributed by atoms with E-state index >= 15 is 4.39 Å². The van der Waals surface area contributed by atoms with Gasteiger partial charge in [-0.05, 0) is 55.0 Å². The van der Waals surface area contributed by atoms with Crippen LogP contribution in [0.3, 0.4) is 0 Å². The lowest BCUT2D eigenvalue weighted by molar-refractivity contribution is 0.0697. The smallest absolute Gasteiger partial charge is 0.338 e. The molecular weight excluding hydrogens is 449 g/mol. The highest BCUT2D eigenvalue weighted by Crippen LogP contribution is 2.29. The van der Waals surface area contributed by atoms with Crippen LogP contribution in [0.2, 0.25) is 0 Å². The van der Waals surface area contributed by atoms with Crippen molar-refractivity contribution < 1.29 is 19.0 Å². The second-order valence-corrected chi connectivity index (χ2v) is 8.76. The number of rotatable bonds is 6. The molecule has 1 aliphatic rings. The first-order valence-corrected chi connectivity index (χ1v) is 11.6. The molecular formula is C26H26FN5O3. The third-order valence-electron chi connectivity index (χ3n) is 6.47. The molecule has 3 heterocycles. The van der Waals surface area contributed by atoms with Crippen LogP contribution in [-0.2, 0) is 17.6 Å². The molecule has 2 aromatic heterocycles. The van der Waals surface area contributed by atoms with E-state index in [4.69, 9.17) is 9.72 Å². The van der Waals surface area contributed by atoms with Gasteiger partial charge in [-0.3, -0.25) is 0 Å². The molecule has 0 saturated carbocycles. The van der Waals surface area contributed by atoms with Crippen LogP contribution in [0.4, 0.5) is 10.2 Å². The standard InChI is InChI=1S/C26H26FN5O3/c1-16-4-3-5-17(2)20(16)7-6-18-12-21-23(13-22(18)27)29-26(32-15-19(14-28-32)25(33)34)30-24(21)31-8-10-35-11-9-31/h3-5,12-15H,6-11H2,1-2H3,(H,33,34). The van der Waals surface area contributed by atoms with Gasteiger partial charge in [0.15, 0.2) is 0 Å². The number of nitrogens with zero attached hydrogens (tertiary/aromatic N) is 5. The lowest BCUT2D eigenvalue weighted by Gasteiger charge is -2.29. The molecule has 1 N–H and O–H groups in total. The van der Waals surface area contributed by atoms with Crippen LogP contribution in [0, 0.1) is 19.7 Å². The lowest BCUT2D eigenvalue weighted by atomic mass is 9.95. The zero-order chi connectivity index (χ0) is 24.5. The van der Waals surface area contributed by atoms with Gasteiger partial charge < -0.3 is 14.7 Å². The summed E-state index contributed by atoms with van der Waals surface area (Å²) in [5, 5.41) is 14.1. The quantitative estimate of drug-likeness (QED) is 0.452. The fourth-order valence-electron chi connectivity index (χ4n) is 4.52. The van der Waals surface area contributed by atoms with Crippen LogP contribution in [0.5, 0.6) is 0 Å². The van der Waals surface area contributed by atoms with Gasteiger partial charge in [0, 0.05) is 30.7 Å². The van der Waals surface area contributed by atoms with E-state index in [9.17, 15) is 9.90 Å². The largest absolute Gasteiger partial charge is 0.478 e. The minimum absolute atomic E-state index is 0.0228. The van der Waals surface area contributed by atoms with Gasteiger partial charge >= 0.3 is 5.97 Å². The maximum Gasteiger partial charge on any atom is 0.338 e. The Morgan fingerprint density at radius 1 is 1.11 bits per heavy atom. The van der Waals surface area contributed by atoms with E-state index in [-0.39, 0.29) is 17.3 Å². The average Bonchev–Trinajstić information content (AvgIpc) is 3.35. The predicted octanol–water partition coefficient (Wildman–Crippen LogP) is 3.89. The minimum atomic E-state index is -1.09. The maximum absolute atomic E-state index is 15.2. The molecule has 0 atom stereocenters. The number of hydrogen-bond donors (Lipinski definition) is 1. The summed E-state index contributed by atoms with van der Waals surface area (Å²) >= 11 is 0. The third kappa shape index (κ3) is 4.59. The number of anilines is 1. The van der Waals surface area contributed by atoms with Crippen molar-refractivity contribution >= 4 is 22.7 Å². The fraction of sp³-hybridized carbons (Fsp3) is 0.308. The number of aromatic nitrogens is 4. The van der Waals surface area contributed by atoms with E-state index in [2.05, 4.69) is 41.0 Å². The Bertz CT molecular complexity index is 1390. The van der Waals surface area contributed by atoms with Crippen LogP contribution >= 0.6 is 0 Å². The molecule has 2 aromatic carbocycles. The van der Waals surface area contributed by atoms with E-state index in [0.717, 1.165) is 11.8 Å². The summed E-state index contributed by atoms with van der Waals surface area (Å²) in [4.78, 5) is 22.6. The van der Waals surface area contributed by atoms with Gasteiger partial charge in [0.05, 0.1) is 30.5 Å². The monoisotopic (exact) mass is 475 g/mol. The number of hydrogen-bond acceptors (Lipinski definition) is 6. The first-order chi connectivity index (χ1) is 16.9. The number of fused-ring (bicyclic) bond motifs is 1. The number of aryl methyl sites for hydroxylation is 3. The summed E-state index contributed by atoms with van der Waals surface area (Å²) in [6.45, 7) is 6.56. The maximum atomic E-state index is 15.2. The molecule has 1 saturated heterocycles. The van der Waals surface area contributed by atoms with E-state index in [1.807, 2.05) is 12.1 Å². The molecule has 180 valence electrons. The Hall–Kier alpha value is -3.85. The summed E-state index contributed by atoms with van der Waals surface area (Å²) in [5.41, 5.74) is 4.71. The molecule has 8 nitrogen and oxygen atoms in total. The minimum Gasteiger partial charge on any atom is -0.478 e. The molecule has 35 heavy (non-hydrogen) atoms. The summed E-state index contributed by atoms with van der Waals surface area (Å²) < 4.78 is 22.1. The molecule has 4 aromatic rings. The first kappa shape index (κ1) is 22.9. The number of carbonyl (C=O) groups is 1. The first-order valence-electron chi connectivity index (χ1n) is 11.6. The van der Waals surface area contributed by atoms with Gasteiger partial charge in [-0.1, -0.05) is 18.2 Å². The molecule has 0 amide bonds. The number of benzene rings is 2. The number of halogens is 1. The van der Waals surface area contributed by atoms with E-state index < -0.39 is 5.97 Å². The average molecular weight is 476 g/mol. The van der Waals surface area contributed by atoms with Crippen molar-refractivity contribution in [1.29, 1.82) is 0 Å². The molecule has 5 rings (SSSR count). The lowest BCUT2D eigenvalue weighted by Crippen LogP contribution is -2.37.